The van der Waals surface area contributed by atoms with Crippen molar-refractivity contribution in [1.82, 2.24) is 9.80 Å². The van der Waals surface area contributed by atoms with Crippen molar-refractivity contribution >= 4 is 49.1 Å². The largest absolute Gasteiger partial charge is 0.336 e. The first kappa shape index (κ1) is 13.5. The molecule has 2 rings (SSSR count). The summed E-state index contributed by atoms with van der Waals surface area (Å²) in [5.74, 6) is 0.124. The Labute approximate surface area is 122 Å². The van der Waals surface area contributed by atoms with Crippen molar-refractivity contribution in [3.8, 4) is 0 Å². The highest BCUT2D eigenvalue weighted by Gasteiger charge is 2.26. The predicted octanol–water partition coefficient (Wildman–Crippen LogP) is 3.05. The van der Waals surface area contributed by atoms with E-state index < -0.39 is 0 Å². The smallest absolute Gasteiger partial charge is 0.256 e. The summed E-state index contributed by atoms with van der Waals surface area (Å²) in [5.41, 5.74) is 0.763. The third kappa shape index (κ3) is 2.92. The van der Waals surface area contributed by atoms with E-state index in [1.54, 1.807) is 0 Å². The Morgan fingerprint density at radius 3 is 2.71 bits per heavy atom. The van der Waals surface area contributed by atoms with Gasteiger partial charge in [-0.2, -0.15) is 0 Å². The van der Waals surface area contributed by atoms with Crippen LogP contribution in [0.25, 0.3) is 0 Å². The quantitative estimate of drug-likeness (QED) is 0.746. The van der Waals surface area contributed by atoms with Gasteiger partial charge in [0.1, 0.15) is 0 Å². The van der Waals surface area contributed by atoms with Crippen molar-refractivity contribution in [3.63, 3.8) is 0 Å². The van der Waals surface area contributed by atoms with E-state index in [1.165, 1.54) is 11.3 Å². The highest BCUT2D eigenvalue weighted by atomic mass is 79.9. The number of hydrogen-bond donors (Lipinski definition) is 0. The van der Waals surface area contributed by atoms with Crippen LogP contribution in [-0.2, 0) is 0 Å². The highest BCUT2D eigenvalue weighted by molar-refractivity contribution is 9.12. The molecule has 0 spiro atoms. The van der Waals surface area contributed by atoms with Crippen LogP contribution >= 0.6 is 43.2 Å². The monoisotopic (exact) mass is 380 g/mol. The molecule has 1 aliphatic heterocycles. The number of thiophene rings is 1. The second-order valence-corrected chi connectivity index (χ2v) is 8.07. The predicted molar refractivity (Wildman–Crippen MR) is 77.7 cm³/mol. The standard InChI is InChI=1S/C11H14Br2N2OS/c1-7-6-15(4-3-14(7)2)11(16)8-5-9(12)17-10(8)13/h5,7H,3-4,6H2,1-2H3. The molecule has 1 aromatic heterocycles. The average molecular weight is 382 g/mol. The van der Waals surface area contributed by atoms with E-state index >= 15 is 0 Å². The third-order valence-electron chi connectivity index (χ3n) is 3.13. The van der Waals surface area contributed by atoms with Gasteiger partial charge in [-0.25, -0.2) is 0 Å². The molecule has 6 heteroatoms. The van der Waals surface area contributed by atoms with Gasteiger partial charge in [0.05, 0.1) is 13.1 Å². The Kier molecular flexibility index (Phi) is 4.28. The normalized spacial score (nSPS) is 21.9. The van der Waals surface area contributed by atoms with E-state index in [9.17, 15) is 4.79 Å². The number of carbonyl (C=O) groups excluding carboxylic acids is 1. The third-order valence-corrected chi connectivity index (χ3v) is 5.47. The van der Waals surface area contributed by atoms with E-state index in [1.807, 2.05) is 11.0 Å². The number of amides is 1. The van der Waals surface area contributed by atoms with Crippen LogP contribution in [0.4, 0.5) is 0 Å². The number of rotatable bonds is 1. The first-order valence-electron chi connectivity index (χ1n) is 5.43. The van der Waals surface area contributed by atoms with Crippen LogP contribution in [0.1, 0.15) is 17.3 Å². The minimum absolute atomic E-state index is 0.124. The Morgan fingerprint density at radius 1 is 1.47 bits per heavy atom. The van der Waals surface area contributed by atoms with Crippen molar-refractivity contribution in [3.05, 3.63) is 19.2 Å². The number of nitrogens with zero attached hydrogens (tertiary/aromatic N) is 2. The van der Waals surface area contributed by atoms with Crippen LogP contribution in [0.3, 0.4) is 0 Å². The van der Waals surface area contributed by atoms with Gasteiger partial charge in [-0.15, -0.1) is 11.3 Å². The van der Waals surface area contributed by atoms with Crippen molar-refractivity contribution in [2.24, 2.45) is 0 Å². The van der Waals surface area contributed by atoms with Gasteiger partial charge in [0.25, 0.3) is 5.91 Å². The van der Waals surface area contributed by atoms with Crippen molar-refractivity contribution in [2.45, 2.75) is 13.0 Å². The molecule has 17 heavy (non-hydrogen) atoms. The molecule has 0 aromatic carbocycles. The van der Waals surface area contributed by atoms with Gasteiger partial charge >= 0.3 is 0 Å². The maximum atomic E-state index is 12.3. The zero-order valence-corrected chi connectivity index (χ0v) is 13.7. The molecule has 1 aliphatic rings. The molecule has 1 unspecified atom stereocenters. The van der Waals surface area contributed by atoms with Crippen LogP contribution < -0.4 is 0 Å². The zero-order valence-electron chi connectivity index (χ0n) is 9.74. The van der Waals surface area contributed by atoms with E-state index in [0.717, 1.165) is 32.8 Å². The lowest BCUT2D eigenvalue weighted by molar-refractivity contribution is 0.0572. The summed E-state index contributed by atoms with van der Waals surface area (Å²) in [6.07, 6.45) is 0. The number of halogens is 2. The first-order valence-corrected chi connectivity index (χ1v) is 7.83. The lowest BCUT2D eigenvalue weighted by Gasteiger charge is -2.37. The van der Waals surface area contributed by atoms with E-state index in [2.05, 4.69) is 50.7 Å². The van der Waals surface area contributed by atoms with Gasteiger partial charge in [-0.1, -0.05) is 0 Å². The van der Waals surface area contributed by atoms with Gasteiger partial charge in [-0.05, 0) is 51.9 Å². The van der Waals surface area contributed by atoms with Crippen molar-refractivity contribution < 1.29 is 4.79 Å². The van der Waals surface area contributed by atoms with Crippen LogP contribution in [0.15, 0.2) is 13.6 Å². The fraction of sp³-hybridized carbons (Fsp3) is 0.545. The number of piperazine rings is 1. The topological polar surface area (TPSA) is 23.6 Å². The average Bonchev–Trinajstić information content (AvgIpc) is 2.61. The SMILES string of the molecule is CC1CN(C(=O)c2cc(Br)sc2Br)CCN1C. The molecule has 1 fully saturated rings. The molecule has 1 atom stereocenters. The van der Waals surface area contributed by atoms with Crippen LogP contribution in [0.5, 0.6) is 0 Å². The molecule has 0 radical (unpaired) electrons. The lowest BCUT2D eigenvalue weighted by Crippen LogP contribution is -2.52. The molecule has 94 valence electrons. The summed E-state index contributed by atoms with van der Waals surface area (Å²) in [6, 6.07) is 2.31. The summed E-state index contributed by atoms with van der Waals surface area (Å²) in [4.78, 5) is 16.6. The summed E-state index contributed by atoms with van der Waals surface area (Å²) in [5, 5.41) is 0. The molecular formula is C11H14Br2N2OS. The first-order chi connectivity index (χ1) is 7.99. The van der Waals surface area contributed by atoms with Crippen molar-refractivity contribution in [1.29, 1.82) is 0 Å². The maximum Gasteiger partial charge on any atom is 0.256 e. The molecule has 0 N–H and O–H groups in total. The molecular weight excluding hydrogens is 368 g/mol. The van der Waals surface area contributed by atoms with Crippen molar-refractivity contribution in [2.75, 3.05) is 26.7 Å². The Balaban J connectivity index is 2.13. The molecule has 3 nitrogen and oxygen atoms in total. The summed E-state index contributed by atoms with van der Waals surface area (Å²) < 4.78 is 1.89. The van der Waals surface area contributed by atoms with E-state index in [0.29, 0.717) is 6.04 Å². The number of hydrogen-bond acceptors (Lipinski definition) is 3. The van der Waals surface area contributed by atoms with Gasteiger partial charge in [0, 0.05) is 25.7 Å². The number of likely N-dealkylation sites (N-methyl/N-ethyl adjacent to an activating group) is 1. The maximum absolute atomic E-state index is 12.3. The summed E-state index contributed by atoms with van der Waals surface area (Å²) in [7, 11) is 2.10. The number of carbonyl (C=O) groups is 1. The summed E-state index contributed by atoms with van der Waals surface area (Å²) in [6.45, 7) is 4.70. The Hall–Kier alpha value is 0.0900. The van der Waals surface area contributed by atoms with E-state index in [4.69, 9.17) is 0 Å². The second-order valence-electron chi connectivity index (χ2n) is 4.32. The molecule has 1 aromatic rings. The molecule has 0 aliphatic carbocycles. The minimum Gasteiger partial charge on any atom is -0.336 e. The van der Waals surface area contributed by atoms with Gasteiger partial charge in [-0.3, -0.25) is 4.79 Å². The Bertz CT molecular complexity index is 435. The van der Waals surface area contributed by atoms with Crippen LogP contribution in [0, 0.1) is 0 Å². The fourth-order valence-electron chi connectivity index (χ4n) is 1.89. The van der Waals surface area contributed by atoms with Gasteiger partial charge in [0.2, 0.25) is 0 Å². The zero-order chi connectivity index (χ0) is 12.6. The molecule has 1 saturated heterocycles. The van der Waals surface area contributed by atoms with Gasteiger partial charge < -0.3 is 9.80 Å². The van der Waals surface area contributed by atoms with Crippen LogP contribution in [0.2, 0.25) is 0 Å². The molecule has 0 bridgehead atoms. The Morgan fingerprint density at radius 2 is 2.18 bits per heavy atom. The van der Waals surface area contributed by atoms with Crippen LogP contribution in [-0.4, -0.2) is 48.4 Å². The molecule has 2 heterocycles. The fourth-order valence-corrected chi connectivity index (χ4v) is 4.67. The minimum atomic E-state index is 0.124. The molecule has 0 saturated carbocycles. The lowest BCUT2D eigenvalue weighted by atomic mass is 10.2. The molecule has 1 amide bonds. The highest BCUT2D eigenvalue weighted by Crippen LogP contribution is 2.32. The van der Waals surface area contributed by atoms with Gasteiger partial charge in [0.15, 0.2) is 0 Å². The summed E-state index contributed by atoms with van der Waals surface area (Å²) >= 11 is 8.39. The second kappa shape index (κ2) is 5.38. The van der Waals surface area contributed by atoms with E-state index in [-0.39, 0.29) is 5.91 Å².